The third-order valence-corrected chi connectivity index (χ3v) is 7.73. The summed E-state index contributed by atoms with van der Waals surface area (Å²) in [5.41, 5.74) is 3.07. The van der Waals surface area contributed by atoms with Crippen LogP contribution in [0, 0.1) is 11.7 Å². The van der Waals surface area contributed by atoms with E-state index in [4.69, 9.17) is 0 Å². The lowest BCUT2D eigenvalue weighted by atomic mass is 10.1. The first-order valence-electron chi connectivity index (χ1n) is 11.0. The molecule has 1 aromatic heterocycles. The minimum absolute atomic E-state index is 0.113. The second-order valence-electron chi connectivity index (χ2n) is 8.64. The maximum Gasteiger partial charge on any atom is 0.129 e. The molecule has 0 radical (unpaired) electrons. The Bertz CT molecular complexity index is 996. The van der Waals surface area contributed by atoms with Crippen LogP contribution in [-0.2, 0) is 6.54 Å². The monoisotopic (exact) mass is 437 g/mol. The van der Waals surface area contributed by atoms with Crippen LogP contribution >= 0.6 is 11.9 Å². The van der Waals surface area contributed by atoms with Crippen molar-refractivity contribution in [3.63, 3.8) is 0 Å². The standard InChI is InChI=1S/C24H28FN5S/c1-28(14-20-12-23(20)29-16-26-27-17-29)21-10-9-19(22(25)13-21)15-30-11-5-8-24(31-30)18-6-3-2-4-7-18/h2-4,6-7,9-10,13,16-17,20,23-24H,5,8,11-12,14-15H2,1H3/t20-,23+,24-/m1/s1. The van der Waals surface area contributed by atoms with Gasteiger partial charge < -0.3 is 9.47 Å². The number of halogens is 1. The summed E-state index contributed by atoms with van der Waals surface area (Å²) < 4.78 is 19.3. The van der Waals surface area contributed by atoms with Crippen LogP contribution in [-0.4, -0.2) is 39.2 Å². The molecule has 5 nitrogen and oxygen atoms in total. The number of nitrogens with zero attached hydrogens (tertiary/aromatic N) is 5. The van der Waals surface area contributed by atoms with Crippen molar-refractivity contribution in [1.29, 1.82) is 0 Å². The van der Waals surface area contributed by atoms with E-state index in [0.29, 0.717) is 23.8 Å². The van der Waals surface area contributed by atoms with Gasteiger partial charge in [-0.3, -0.25) is 0 Å². The molecule has 1 saturated heterocycles. The van der Waals surface area contributed by atoms with Gasteiger partial charge in [0.05, 0.1) is 0 Å². The van der Waals surface area contributed by atoms with Gasteiger partial charge >= 0.3 is 0 Å². The zero-order valence-corrected chi connectivity index (χ0v) is 18.6. The topological polar surface area (TPSA) is 37.2 Å². The summed E-state index contributed by atoms with van der Waals surface area (Å²) in [5.74, 6) is 0.446. The van der Waals surface area contributed by atoms with Crippen molar-refractivity contribution in [2.75, 3.05) is 25.0 Å². The summed E-state index contributed by atoms with van der Waals surface area (Å²) >= 11 is 1.86. The maximum atomic E-state index is 15.0. The lowest BCUT2D eigenvalue weighted by Gasteiger charge is -2.32. The first-order chi connectivity index (χ1) is 15.2. The molecule has 5 rings (SSSR count). The fourth-order valence-electron chi connectivity index (χ4n) is 4.47. The maximum absolute atomic E-state index is 15.0. The van der Waals surface area contributed by atoms with Crippen molar-refractivity contribution in [1.82, 2.24) is 19.1 Å². The van der Waals surface area contributed by atoms with Gasteiger partial charge in [-0.25, -0.2) is 8.70 Å². The van der Waals surface area contributed by atoms with Crippen LogP contribution in [0.15, 0.2) is 61.2 Å². The van der Waals surface area contributed by atoms with Crippen LogP contribution in [0.5, 0.6) is 0 Å². The molecular weight excluding hydrogens is 409 g/mol. The molecule has 162 valence electrons. The van der Waals surface area contributed by atoms with Crippen molar-refractivity contribution in [2.24, 2.45) is 5.92 Å². The Morgan fingerprint density at radius 3 is 2.71 bits per heavy atom. The largest absolute Gasteiger partial charge is 0.374 e. The Morgan fingerprint density at radius 2 is 1.94 bits per heavy atom. The zero-order chi connectivity index (χ0) is 21.2. The number of rotatable bonds is 7. The van der Waals surface area contributed by atoms with Gasteiger partial charge in [-0.15, -0.1) is 10.2 Å². The number of hydrogen-bond donors (Lipinski definition) is 0. The molecular formula is C24H28FN5S. The van der Waals surface area contributed by atoms with Crippen molar-refractivity contribution in [3.8, 4) is 0 Å². The Kier molecular flexibility index (Phi) is 5.96. The van der Waals surface area contributed by atoms with Crippen molar-refractivity contribution in [3.05, 3.63) is 78.1 Å². The van der Waals surface area contributed by atoms with E-state index < -0.39 is 0 Å². The number of hydrogen-bond acceptors (Lipinski definition) is 5. The highest BCUT2D eigenvalue weighted by Gasteiger charge is 2.39. The smallest absolute Gasteiger partial charge is 0.129 e. The van der Waals surface area contributed by atoms with Crippen LogP contribution < -0.4 is 4.90 Å². The van der Waals surface area contributed by atoms with Gasteiger partial charge in [-0.2, -0.15) is 0 Å². The molecule has 3 atom stereocenters. The number of anilines is 1. The zero-order valence-electron chi connectivity index (χ0n) is 17.8. The molecule has 0 bridgehead atoms. The van der Waals surface area contributed by atoms with Gasteiger partial charge in [-0.05, 0) is 42.9 Å². The summed E-state index contributed by atoms with van der Waals surface area (Å²) in [6.07, 6.45) is 7.00. The quantitative estimate of drug-likeness (QED) is 0.481. The molecule has 1 aliphatic carbocycles. The van der Waals surface area contributed by atoms with Gasteiger partial charge in [0.1, 0.15) is 18.5 Å². The predicted octanol–water partition coefficient (Wildman–Crippen LogP) is 5.10. The molecule has 0 unspecified atom stereocenters. The summed E-state index contributed by atoms with van der Waals surface area (Å²) in [6, 6.07) is 16.8. The lowest BCUT2D eigenvalue weighted by molar-refractivity contribution is 0.411. The second kappa shape index (κ2) is 9.01. The van der Waals surface area contributed by atoms with Crippen LogP contribution in [0.25, 0.3) is 0 Å². The van der Waals surface area contributed by atoms with E-state index in [1.807, 2.05) is 25.1 Å². The van der Waals surface area contributed by atoms with Crippen LogP contribution in [0.3, 0.4) is 0 Å². The molecule has 2 heterocycles. The van der Waals surface area contributed by atoms with Crippen molar-refractivity contribution >= 4 is 17.6 Å². The average molecular weight is 438 g/mol. The fourth-order valence-corrected chi connectivity index (χ4v) is 5.83. The molecule has 3 aromatic rings. The molecule has 2 fully saturated rings. The van der Waals surface area contributed by atoms with Gasteiger partial charge in [-0.1, -0.05) is 48.3 Å². The van der Waals surface area contributed by atoms with E-state index in [-0.39, 0.29) is 5.82 Å². The Balaban J connectivity index is 1.18. The van der Waals surface area contributed by atoms with E-state index in [0.717, 1.165) is 37.2 Å². The normalized spacial score (nSPS) is 23.6. The highest BCUT2D eigenvalue weighted by Crippen LogP contribution is 2.44. The first-order valence-corrected chi connectivity index (χ1v) is 11.8. The molecule has 2 aliphatic rings. The van der Waals surface area contributed by atoms with E-state index in [1.165, 1.54) is 12.0 Å². The molecule has 0 amide bonds. The summed E-state index contributed by atoms with van der Waals surface area (Å²) in [6.45, 7) is 2.55. The molecule has 31 heavy (non-hydrogen) atoms. The third kappa shape index (κ3) is 4.77. The Morgan fingerprint density at radius 1 is 1.13 bits per heavy atom. The highest BCUT2D eigenvalue weighted by molar-refractivity contribution is 7.97. The molecule has 7 heteroatoms. The Hall–Kier alpha value is -2.38. The van der Waals surface area contributed by atoms with Crippen LogP contribution in [0.4, 0.5) is 10.1 Å². The van der Waals surface area contributed by atoms with E-state index in [1.54, 1.807) is 18.7 Å². The molecule has 0 N–H and O–H groups in total. The van der Waals surface area contributed by atoms with Gasteiger partial charge in [0.15, 0.2) is 0 Å². The van der Waals surface area contributed by atoms with Crippen molar-refractivity contribution < 1.29 is 4.39 Å². The SMILES string of the molecule is CN(C[C@H]1C[C@@H]1n1cnnc1)c1ccc(CN2CCC[C@H](c3ccccc3)S2)c(F)c1. The first kappa shape index (κ1) is 20.5. The average Bonchev–Trinajstić information content (AvgIpc) is 3.33. The minimum Gasteiger partial charge on any atom is -0.374 e. The predicted molar refractivity (Wildman–Crippen MR) is 123 cm³/mol. The van der Waals surface area contributed by atoms with Crippen LogP contribution in [0.2, 0.25) is 0 Å². The summed E-state index contributed by atoms with van der Waals surface area (Å²) in [7, 11) is 2.04. The van der Waals surface area contributed by atoms with E-state index in [2.05, 4.69) is 60.4 Å². The third-order valence-electron chi connectivity index (χ3n) is 6.36. The van der Waals surface area contributed by atoms with Crippen molar-refractivity contribution in [2.45, 2.75) is 37.1 Å². The Labute approximate surface area is 187 Å². The number of aromatic nitrogens is 3. The van der Waals surface area contributed by atoms with Gasteiger partial charge in [0, 0.05) is 49.2 Å². The second-order valence-corrected chi connectivity index (χ2v) is 9.94. The van der Waals surface area contributed by atoms with E-state index >= 15 is 0 Å². The molecule has 2 aromatic carbocycles. The number of benzene rings is 2. The summed E-state index contributed by atoms with van der Waals surface area (Å²) in [4.78, 5) is 2.16. The van der Waals surface area contributed by atoms with Gasteiger partial charge in [0.25, 0.3) is 0 Å². The lowest BCUT2D eigenvalue weighted by Crippen LogP contribution is -2.24. The molecule has 1 saturated carbocycles. The van der Waals surface area contributed by atoms with Gasteiger partial charge in [0.2, 0.25) is 0 Å². The molecule has 0 spiro atoms. The van der Waals surface area contributed by atoms with Crippen LogP contribution in [0.1, 0.15) is 41.7 Å². The summed E-state index contributed by atoms with van der Waals surface area (Å²) in [5, 5.41) is 8.24. The molecule has 1 aliphatic heterocycles. The fraction of sp³-hybridized carbons (Fsp3) is 0.417. The van der Waals surface area contributed by atoms with E-state index in [9.17, 15) is 4.39 Å². The minimum atomic E-state index is -0.113. The highest BCUT2D eigenvalue weighted by atomic mass is 32.2.